The molecule has 0 radical (unpaired) electrons. The van der Waals surface area contributed by atoms with E-state index in [1.165, 1.54) is 12.8 Å². The van der Waals surface area contributed by atoms with Gasteiger partial charge < -0.3 is 10.6 Å². The summed E-state index contributed by atoms with van der Waals surface area (Å²) in [5, 5.41) is 1.12. The van der Waals surface area contributed by atoms with Crippen LogP contribution in [0.2, 0.25) is 0 Å². The van der Waals surface area contributed by atoms with Gasteiger partial charge >= 0.3 is 0 Å². The van der Waals surface area contributed by atoms with E-state index in [-0.39, 0.29) is 0 Å². The van der Waals surface area contributed by atoms with E-state index in [0.29, 0.717) is 18.6 Å². The van der Waals surface area contributed by atoms with Crippen molar-refractivity contribution in [3.8, 4) is 0 Å². The number of fused-ring (bicyclic) bond motifs is 1. The minimum Gasteiger partial charge on any atom is -0.349 e. The van der Waals surface area contributed by atoms with Gasteiger partial charge in [0.15, 0.2) is 0 Å². The van der Waals surface area contributed by atoms with Crippen LogP contribution in [0.15, 0.2) is 30.6 Å². The van der Waals surface area contributed by atoms with Gasteiger partial charge in [-0.15, -0.1) is 0 Å². The predicted molar refractivity (Wildman–Crippen MR) is 78.2 cm³/mol. The minimum atomic E-state index is 0.391. The second-order valence-corrected chi connectivity index (χ2v) is 5.29. The molecule has 0 aliphatic carbocycles. The molecule has 2 heterocycles. The highest BCUT2D eigenvalue weighted by Gasteiger charge is 2.29. The van der Waals surface area contributed by atoms with E-state index in [4.69, 9.17) is 5.73 Å². The maximum Gasteiger partial charge on any atom is 0.140 e. The molecule has 1 fully saturated rings. The van der Waals surface area contributed by atoms with Gasteiger partial charge in [0.1, 0.15) is 12.1 Å². The van der Waals surface area contributed by atoms with E-state index in [1.54, 1.807) is 6.33 Å². The number of piperidine rings is 1. The Morgan fingerprint density at radius 1 is 1.26 bits per heavy atom. The van der Waals surface area contributed by atoms with Crippen molar-refractivity contribution < 1.29 is 0 Å². The molecule has 1 aliphatic heterocycles. The second-order valence-electron chi connectivity index (χ2n) is 5.29. The van der Waals surface area contributed by atoms with Crippen molar-refractivity contribution in [2.24, 2.45) is 5.73 Å². The van der Waals surface area contributed by atoms with E-state index in [1.807, 2.05) is 18.2 Å². The van der Waals surface area contributed by atoms with Crippen molar-refractivity contribution in [2.45, 2.75) is 38.3 Å². The molecule has 2 aromatic rings. The van der Waals surface area contributed by atoms with E-state index >= 15 is 0 Å². The largest absolute Gasteiger partial charge is 0.349 e. The predicted octanol–water partition coefficient (Wildman–Crippen LogP) is 2.34. The first-order valence-corrected chi connectivity index (χ1v) is 6.99. The van der Waals surface area contributed by atoms with Gasteiger partial charge in [0.25, 0.3) is 0 Å². The van der Waals surface area contributed by atoms with Gasteiger partial charge in [-0.3, -0.25) is 0 Å². The lowest BCUT2D eigenvalue weighted by Crippen LogP contribution is -2.49. The summed E-state index contributed by atoms with van der Waals surface area (Å²) in [6.45, 7) is 2.95. The van der Waals surface area contributed by atoms with Crippen LogP contribution in [0.5, 0.6) is 0 Å². The summed E-state index contributed by atoms with van der Waals surface area (Å²) in [7, 11) is 0. The molecule has 4 nitrogen and oxygen atoms in total. The SMILES string of the molecule is CC1CCCC(CN)N1c1ncnc2ccccc12. The lowest BCUT2D eigenvalue weighted by atomic mass is 9.96. The molecule has 2 atom stereocenters. The fourth-order valence-corrected chi connectivity index (χ4v) is 3.10. The Balaban J connectivity index is 2.11. The minimum absolute atomic E-state index is 0.391. The highest BCUT2D eigenvalue weighted by molar-refractivity contribution is 5.89. The third-order valence-corrected chi connectivity index (χ3v) is 4.07. The molecule has 0 amide bonds. The molecular formula is C15H20N4. The average molecular weight is 256 g/mol. The average Bonchev–Trinajstić information content (AvgIpc) is 2.46. The molecular weight excluding hydrogens is 236 g/mol. The molecule has 19 heavy (non-hydrogen) atoms. The highest BCUT2D eigenvalue weighted by atomic mass is 15.3. The number of benzene rings is 1. The number of anilines is 1. The van der Waals surface area contributed by atoms with Crippen molar-refractivity contribution in [3.05, 3.63) is 30.6 Å². The Kier molecular flexibility index (Phi) is 3.34. The lowest BCUT2D eigenvalue weighted by molar-refractivity contribution is 0.398. The van der Waals surface area contributed by atoms with E-state index in [0.717, 1.165) is 23.1 Å². The van der Waals surface area contributed by atoms with Gasteiger partial charge in [0.05, 0.1) is 5.52 Å². The van der Waals surface area contributed by atoms with Crippen LogP contribution in [0.4, 0.5) is 5.82 Å². The first kappa shape index (κ1) is 12.4. The number of hydrogen-bond acceptors (Lipinski definition) is 4. The van der Waals surface area contributed by atoms with Crippen LogP contribution in [0.25, 0.3) is 10.9 Å². The molecule has 1 aliphatic rings. The summed E-state index contributed by atoms with van der Waals surface area (Å²) in [5.74, 6) is 1.04. The first-order chi connectivity index (χ1) is 9.31. The molecule has 0 saturated carbocycles. The second kappa shape index (κ2) is 5.13. The number of para-hydroxylation sites is 1. The van der Waals surface area contributed by atoms with Gasteiger partial charge in [0.2, 0.25) is 0 Å². The number of hydrogen-bond donors (Lipinski definition) is 1. The summed E-state index contributed by atoms with van der Waals surface area (Å²) in [6, 6.07) is 9.06. The zero-order chi connectivity index (χ0) is 13.2. The molecule has 1 aromatic heterocycles. The van der Waals surface area contributed by atoms with Crippen molar-refractivity contribution in [1.29, 1.82) is 0 Å². The van der Waals surface area contributed by atoms with E-state index < -0.39 is 0 Å². The molecule has 1 saturated heterocycles. The highest BCUT2D eigenvalue weighted by Crippen LogP contribution is 2.31. The third kappa shape index (κ3) is 2.16. The van der Waals surface area contributed by atoms with Crippen molar-refractivity contribution >= 4 is 16.7 Å². The number of nitrogens with two attached hydrogens (primary N) is 1. The van der Waals surface area contributed by atoms with E-state index in [9.17, 15) is 0 Å². The topological polar surface area (TPSA) is 55.0 Å². The van der Waals surface area contributed by atoms with Crippen LogP contribution in [-0.4, -0.2) is 28.6 Å². The molecule has 2 unspecified atom stereocenters. The summed E-state index contributed by atoms with van der Waals surface area (Å²) in [6.07, 6.45) is 5.27. The van der Waals surface area contributed by atoms with Crippen molar-refractivity contribution in [1.82, 2.24) is 9.97 Å². The maximum atomic E-state index is 5.95. The molecule has 4 heteroatoms. The third-order valence-electron chi connectivity index (χ3n) is 4.07. The van der Waals surface area contributed by atoms with Crippen LogP contribution in [0, 0.1) is 0 Å². The molecule has 2 N–H and O–H groups in total. The lowest BCUT2D eigenvalue weighted by Gasteiger charge is -2.41. The summed E-state index contributed by atoms with van der Waals surface area (Å²) in [4.78, 5) is 11.3. The molecule has 100 valence electrons. The zero-order valence-electron chi connectivity index (χ0n) is 11.3. The number of aromatic nitrogens is 2. The fraction of sp³-hybridized carbons (Fsp3) is 0.467. The van der Waals surface area contributed by atoms with Crippen molar-refractivity contribution in [2.75, 3.05) is 11.4 Å². The Hall–Kier alpha value is -1.68. The van der Waals surface area contributed by atoms with Gasteiger partial charge in [-0.05, 0) is 38.3 Å². The van der Waals surface area contributed by atoms with Crippen LogP contribution in [0.1, 0.15) is 26.2 Å². The normalized spacial score (nSPS) is 23.8. The number of nitrogens with zero attached hydrogens (tertiary/aromatic N) is 3. The van der Waals surface area contributed by atoms with Gasteiger partial charge in [-0.2, -0.15) is 0 Å². The Bertz CT molecular complexity index is 564. The fourth-order valence-electron chi connectivity index (χ4n) is 3.10. The smallest absolute Gasteiger partial charge is 0.140 e. The van der Waals surface area contributed by atoms with Crippen LogP contribution in [-0.2, 0) is 0 Å². The monoisotopic (exact) mass is 256 g/mol. The Labute approximate surface area is 113 Å². The molecule has 3 rings (SSSR count). The summed E-state index contributed by atoms with van der Waals surface area (Å²) >= 11 is 0. The Morgan fingerprint density at radius 2 is 2.11 bits per heavy atom. The zero-order valence-corrected chi connectivity index (χ0v) is 11.3. The van der Waals surface area contributed by atoms with Crippen LogP contribution in [0.3, 0.4) is 0 Å². The quantitative estimate of drug-likeness (QED) is 0.896. The summed E-state index contributed by atoms with van der Waals surface area (Å²) < 4.78 is 0. The van der Waals surface area contributed by atoms with Crippen LogP contribution < -0.4 is 10.6 Å². The standard InChI is InChI=1S/C15H20N4/c1-11-5-4-6-12(9-16)19(11)15-13-7-2-3-8-14(13)17-10-18-15/h2-3,7-8,10-12H,4-6,9,16H2,1H3. The maximum absolute atomic E-state index is 5.95. The Morgan fingerprint density at radius 3 is 2.95 bits per heavy atom. The molecule has 1 aromatic carbocycles. The summed E-state index contributed by atoms with van der Waals surface area (Å²) in [5.41, 5.74) is 6.95. The van der Waals surface area contributed by atoms with Gasteiger partial charge in [0, 0.05) is 24.0 Å². The van der Waals surface area contributed by atoms with Gasteiger partial charge in [-0.25, -0.2) is 9.97 Å². The first-order valence-electron chi connectivity index (χ1n) is 6.99. The van der Waals surface area contributed by atoms with E-state index in [2.05, 4.69) is 27.9 Å². The van der Waals surface area contributed by atoms with Crippen molar-refractivity contribution in [3.63, 3.8) is 0 Å². The molecule has 0 spiro atoms. The molecule has 0 bridgehead atoms. The number of rotatable bonds is 2. The van der Waals surface area contributed by atoms with Gasteiger partial charge in [-0.1, -0.05) is 12.1 Å². The van der Waals surface area contributed by atoms with Crippen LogP contribution >= 0.6 is 0 Å².